The number of carboxylic acid groups (broad SMARTS) is 2. The topological polar surface area (TPSA) is 331 Å². The molecule has 10 heterocycles. The SMILES string of the molecule is CC(C)(O)c1cc(O[C@H]2CC[C@@H](N3CC(CC#N)(n4cc(-c5ncnc6[nH]ccc56)cn4)C3)CC2)nc(C(F)(F)F)c1.CC(C)(O)c1cc(O[C@H]2CC[C@@H](N3CC(CC#N)(n4cc(-c5ncnc6c5ccn6COCC[Si](C)(C)C)cn4)C3)CC2)nc(C(F)(F)F)c1.O=C(O)C(F)(F)F.O=C(O)C(F)(F)F. The molecule has 25 nitrogen and oxygen atoms in total. The molecule has 0 unspecified atom stereocenters. The number of hydrogen-bond donors (Lipinski definition) is 5. The van der Waals surface area contributed by atoms with Gasteiger partial charge in [0.25, 0.3) is 0 Å². The second kappa shape index (κ2) is 31.6. The number of alkyl halides is 12. The predicted molar refractivity (Wildman–Crippen MR) is 357 cm³/mol. The van der Waals surface area contributed by atoms with Crippen molar-refractivity contribution in [2.45, 2.75) is 196 Å². The molecule has 5 N–H and O–H groups in total. The summed E-state index contributed by atoms with van der Waals surface area (Å²) in [5.74, 6) is -5.77. The van der Waals surface area contributed by atoms with Gasteiger partial charge in [0, 0.05) is 112 Å². The molecule has 106 heavy (non-hydrogen) atoms. The lowest BCUT2D eigenvalue weighted by atomic mass is 9.82. The number of aliphatic carboxylic acids is 2. The van der Waals surface area contributed by atoms with Crippen LogP contribution in [0.1, 0.15) is 114 Å². The third kappa shape index (κ3) is 20.0. The lowest BCUT2D eigenvalue weighted by molar-refractivity contribution is -0.193. The van der Waals surface area contributed by atoms with Crippen molar-refractivity contribution in [2.24, 2.45) is 0 Å². The Bertz CT molecular complexity index is 4350. The Morgan fingerprint density at radius 1 is 0.613 bits per heavy atom. The van der Waals surface area contributed by atoms with Crippen LogP contribution in [0.5, 0.6) is 11.8 Å². The van der Waals surface area contributed by atoms with Crippen LogP contribution in [0.4, 0.5) is 52.7 Å². The van der Waals surface area contributed by atoms with Crippen molar-refractivity contribution >= 4 is 42.1 Å². The Hall–Kier alpha value is -9.34. The number of H-pyrrole nitrogens is 1. The van der Waals surface area contributed by atoms with Gasteiger partial charge in [-0.15, -0.1) is 0 Å². The number of pyridine rings is 2. The van der Waals surface area contributed by atoms with E-state index in [0.717, 1.165) is 95.0 Å². The minimum absolute atomic E-state index is 0.0973. The van der Waals surface area contributed by atoms with Gasteiger partial charge in [-0.3, -0.25) is 19.2 Å². The summed E-state index contributed by atoms with van der Waals surface area (Å²) in [6.45, 7) is 16.5. The average Bonchev–Trinajstić information content (AvgIpc) is 1.43. The number of ether oxygens (including phenoxy) is 3. The highest BCUT2D eigenvalue weighted by atomic mass is 28.3. The average molecular weight is 1520 g/mol. The number of aliphatic hydroxyl groups is 2. The number of nitriles is 2. The van der Waals surface area contributed by atoms with E-state index in [1.54, 1.807) is 18.7 Å². The van der Waals surface area contributed by atoms with Crippen LogP contribution in [0.15, 0.2) is 86.2 Å². The zero-order valence-electron chi connectivity index (χ0n) is 58.5. The van der Waals surface area contributed by atoms with E-state index in [1.807, 2.05) is 50.9 Å². The van der Waals surface area contributed by atoms with Crippen molar-refractivity contribution in [3.05, 3.63) is 109 Å². The maximum atomic E-state index is 13.5. The first-order chi connectivity index (χ1) is 49.4. The number of rotatable bonds is 19. The highest BCUT2D eigenvalue weighted by Crippen LogP contribution is 2.43. The molecular formula is C68H78F12N16O9Si. The van der Waals surface area contributed by atoms with Crippen molar-refractivity contribution < 1.29 is 96.9 Å². The van der Waals surface area contributed by atoms with Crippen LogP contribution in [0.25, 0.3) is 44.6 Å². The lowest BCUT2D eigenvalue weighted by Gasteiger charge is -2.53. The monoisotopic (exact) mass is 1520 g/mol. The molecule has 2 aliphatic heterocycles. The van der Waals surface area contributed by atoms with Crippen LogP contribution < -0.4 is 9.47 Å². The van der Waals surface area contributed by atoms with Gasteiger partial charge in [-0.25, -0.2) is 39.5 Å². The predicted octanol–water partition coefficient (Wildman–Crippen LogP) is 12.6. The maximum Gasteiger partial charge on any atom is 0.490 e. The first-order valence-corrected chi connectivity index (χ1v) is 37.2. The van der Waals surface area contributed by atoms with Gasteiger partial charge in [0.1, 0.15) is 65.4 Å². The van der Waals surface area contributed by atoms with Crippen molar-refractivity contribution in [1.29, 1.82) is 10.5 Å². The molecule has 2 saturated heterocycles. The molecule has 4 aliphatic rings. The molecule has 0 radical (unpaired) electrons. The van der Waals surface area contributed by atoms with E-state index in [4.69, 9.17) is 39.1 Å². The van der Waals surface area contributed by atoms with E-state index in [0.29, 0.717) is 71.4 Å². The second-order valence-corrected chi connectivity index (χ2v) is 34.4. The number of carboxylic acids is 2. The number of nitrogens with zero attached hydrogens (tertiary/aromatic N) is 15. The third-order valence-electron chi connectivity index (χ3n) is 18.6. The number of hydrogen-bond acceptors (Lipinski definition) is 19. The zero-order chi connectivity index (χ0) is 77.8. The highest BCUT2D eigenvalue weighted by Gasteiger charge is 2.51. The third-order valence-corrected chi connectivity index (χ3v) is 20.3. The fraction of sp³-hybridized carbons (Fsp3) is 0.529. The van der Waals surface area contributed by atoms with Crippen LogP contribution in [-0.4, -0.2) is 179 Å². The summed E-state index contributed by atoms with van der Waals surface area (Å²) < 4.78 is 168. The van der Waals surface area contributed by atoms with Gasteiger partial charge in [0.15, 0.2) is 0 Å². The summed E-state index contributed by atoms with van der Waals surface area (Å²) in [6.07, 6.45) is 0.740. The molecule has 8 aromatic heterocycles. The summed E-state index contributed by atoms with van der Waals surface area (Å²) in [4.78, 5) is 50.8. The normalized spacial score (nSPS) is 19.3. The quantitative estimate of drug-likeness (QED) is 0.0285. The molecule has 0 atom stereocenters. The van der Waals surface area contributed by atoms with Crippen LogP contribution >= 0.6 is 0 Å². The lowest BCUT2D eigenvalue weighted by Crippen LogP contribution is -2.65. The number of aromatic amines is 1. The first-order valence-electron chi connectivity index (χ1n) is 33.5. The van der Waals surface area contributed by atoms with Crippen LogP contribution in [0.2, 0.25) is 25.7 Å². The van der Waals surface area contributed by atoms with Crippen molar-refractivity contribution in [3.8, 4) is 46.4 Å². The minimum Gasteiger partial charge on any atom is -0.475 e. The van der Waals surface area contributed by atoms with Crippen LogP contribution in [-0.2, 0) is 55.7 Å². The van der Waals surface area contributed by atoms with E-state index in [2.05, 4.69) is 81.6 Å². The molecule has 0 spiro atoms. The molecule has 0 bridgehead atoms. The van der Waals surface area contributed by atoms with Crippen LogP contribution in [0.3, 0.4) is 0 Å². The summed E-state index contributed by atoms with van der Waals surface area (Å²) in [5, 5.41) is 65.5. The number of likely N-dealkylation sites (tertiary alicyclic amines) is 2. The molecule has 0 aromatic carbocycles. The zero-order valence-corrected chi connectivity index (χ0v) is 59.5. The highest BCUT2D eigenvalue weighted by molar-refractivity contribution is 6.76. The Balaban J connectivity index is 0.000000210. The van der Waals surface area contributed by atoms with Gasteiger partial charge in [-0.2, -0.15) is 73.4 Å². The van der Waals surface area contributed by atoms with Crippen molar-refractivity contribution in [2.75, 3.05) is 32.8 Å². The van der Waals surface area contributed by atoms with Gasteiger partial charge in [0.2, 0.25) is 11.8 Å². The van der Waals surface area contributed by atoms with E-state index >= 15 is 0 Å². The maximum absolute atomic E-state index is 13.5. The molecule has 0 amide bonds. The van der Waals surface area contributed by atoms with Gasteiger partial charge in [-0.05, 0) is 120 Å². The molecule has 8 aromatic rings. The number of aromatic nitrogens is 12. The largest absolute Gasteiger partial charge is 0.490 e. The number of nitrogens with one attached hydrogen (secondary N) is 1. The molecule has 12 rings (SSSR count). The summed E-state index contributed by atoms with van der Waals surface area (Å²) in [5.41, 5.74) is -1.05. The Morgan fingerprint density at radius 3 is 1.42 bits per heavy atom. The summed E-state index contributed by atoms with van der Waals surface area (Å²) in [6, 6.07) is 14.7. The smallest absolute Gasteiger partial charge is 0.475 e. The number of halogens is 12. The van der Waals surface area contributed by atoms with Gasteiger partial charge >= 0.3 is 36.6 Å². The van der Waals surface area contributed by atoms with Gasteiger partial charge in [0.05, 0.1) is 60.0 Å². The van der Waals surface area contributed by atoms with E-state index < -0.39 is 78.4 Å². The Morgan fingerprint density at radius 2 is 1.03 bits per heavy atom. The van der Waals surface area contributed by atoms with E-state index in [-0.39, 0.29) is 47.2 Å². The molecule has 572 valence electrons. The molecular weight excluding hydrogens is 1440 g/mol. The molecule has 38 heteroatoms. The minimum atomic E-state index is -5.08. The van der Waals surface area contributed by atoms with Gasteiger partial charge < -0.3 is 44.2 Å². The number of carbonyl (C=O) groups is 2. The molecule has 4 fully saturated rings. The Kier molecular flexibility index (Phi) is 24.1. The number of fused-ring (bicyclic) bond motifs is 2. The molecule has 2 saturated carbocycles. The Labute approximate surface area is 599 Å². The summed E-state index contributed by atoms with van der Waals surface area (Å²) >= 11 is 0. The standard InChI is InChI=1S/C35H45F3N8O3Si.C29H31F3N8O2.2C2HF3O2/c1-33(2,47)25-16-29(35(36,37)38)43-30(17-25)49-27-8-6-26(7-9-27)45-20-34(21-45,11-12-39)46-19-24(18-42-46)31-28-10-13-44(32(28)41-22-40-31)23-48-14-15-50(3,4)5;1-27(2,41)19-11-23(29(30,31)32)38-24(12-19)42-21-5-3-20(4-6-21)39-15-28(16-39,8-9-33)40-14-18(13-37-40)25-22-7-10-34-26(22)36-17-35-25;2*3-2(4,5)1(6)7/h10,13,16-19,22,26-27,47H,6-9,11,14-15,20-21,23H2,1-5H3;7,10-14,17,20-21,41H,3-6,8,15-16H2,1-2H3,(H,34,35,36);2*(H,6,7)/t26-,27+;20-,21+;;. The van der Waals surface area contributed by atoms with Crippen molar-refractivity contribution in [1.82, 2.24) is 68.8 Å². The van der Waals surface area contributed by atoms with Gasteiger partial charge in [-0.1, -0.05) is 19.6 Å². The van der Waals surface area contributed by atoms with E-state index in [1.165, 1.54) is 46.2 Å². The fourth-order valence-corrected chi connectivity index (χ4v) is 13.6. The molecule has 2 aliphatic carbocycles. The fourth-order valence-electron chi connectivity index (χ4n) is 12.8. The van der Waals surface area contributed by atoms with Crippen molar-refractivity contribution in [3.63, 3.8) is 0 Å². The first kappa shape index (κ1) is 80.7. The van der Waals surface area contributed by atoms with Crippen LogP contribution in [0, 0.1) is 22.7 Å². The van der Waals surface area contributed by atoms with E-state index in [9.17, 15) is 73.4 Å². The summed E-state index contributed by atoms with van der Waals surface area (Å²) in [7, 11) is -1.18. The second-order valence-electron chi connectivity index (χ2n) is 28.8.